The third-order valence-corrected chi connectivity index (χ3v) is 4.39. The molecule has 2 aromatic rings. The molecular formula is C17H15F6N3O. The number of hydrogen-bond donors (Lipinski definition) is 2. The molecule has 0 spiro atoms. The smallest absolute Gasteiger partial charge is 0.346 e. The average Bonchev–Trinajstić information content (AvgIpc) is 2.92. The van der Waals surface area contributed by atoms with E-state index in [9.17, 15) is 31.1 Å². The van der Waals surface area contributed by atoms with Gasteiger partial charge in [-0.15, -0.1) is 0 Å². The summed E-state index contributed by atoms with van der Waals surface area (Å²) in [6.07, 6.45) is -8.71. The van der Waals surface area contributed by atoms with Gasteiger partial charge < -0.3 is 10.3 Å². The van der Waals surface area contributed by atoms with Gasteiger partial charge in [0.15, 0.2) is 0 Å². The third kappa shape index (κ3) is 4.25. The number of anilines is 1. The van der Waals surface area contributed by atoms with Crippen LogP contribution in [0.1, 0.15) is 34.8 Å². The number of hydrogen-bond acceptors (Lipinski definition) is 2. The number of H-pyrrole nitrogens is 1. The fourth-order valence-electron chi connectivity index (χ4n) is 3.12. The lowest BCUT2D eigenvalue weighted by Crippen LogP contribution is -2.28. The van der Waals surface area contributed by atoms with E-state index in [1.54, 1.807) is 6.92 Å². The summed E-state index contributed by atoms with van der Waals surface area (Å²) in [5.74, 6) is -0.504. The Morgan fingerprint density at radius 1 is 1.11 bits per heavy atom. The molecule has 1 aromatic carbocycles. The summed E-state index contributed by atoms with van der Waals surface area (Å²) >= 11 is 0. The molecule has 0 saturated heterocycles. The van der Waals surface area contributed by atoms with Crippen LogP contribution in [-0.4, -0.2) is 15.9 Å². The van der Waals surface area contributed by atoms with Gasteiger partial charge in [-0.25, -0.2) is 4.98 Å². The first kappa shape index (κ1) is 19.2. The minimum absolute atomic E-state index is 0.0237. The number of halogens is 6. The van der Waals surface area contributed by atoms with Crippen LogP contribution >= 0.6 is 0 Å². The number of alkyl halides is 6. The van der Waals surface area contributed by atoms with Gasteiger partial charge in [0, 0.05) is 23.7 Å². The second-order valence-electron chi connectivity index (χ2n) is 6.47. The Morgan fingerprint density at radius 3 is 2.26 bits per heavy atom. The first-order valence-corrected chi connectivity index (χ1v) is 8.08. The van der Waals surface area contributed by atoms with Crippen LogP contribution in [0, 0.1) is 12.8 Å². The molecule has 2 N–H and O–H groups in total. The second kappa shape index (κ2) is 6.58. The highest BCUT2D eigenvalue weighted by molar-refractivity contribution is 5.93. The molecule has 1 amide bonds. The lowest BCUT2D eigenvalue weighted by Gasteiger charge is -2.21. The lowest BCUT2D eigenvalue weighted by atomic mass is 9.89. The molecule has 10 heteroatoms. The van der Waals surface area contributed by atoms with Crippen LogP contribution in [0.5, 0.6) is 0 Å². The van der Waals surface area contributed by atoms with E-state index in [1.807, 2.05) is 0 Å². The van der Waals surface area contributed by atoms with Gasteiger partial charge in [0.1, 0.15) is 5.82 Å². The molecule has 0 saturated carbocycles. The summed E-state index contributed by atoms with van der Waals surface area (Å²) in [6.45, 7) is 1.76. The fraction of sp³-hybridized carbons (Fsp3) is 0.412. The van der Waals surface area contributed by atoms with E-state index in [4.69, 9.17) is 0 Å². The van der Waals surface area contributed by atoms with Crippen molar-refractivity contribution in [2.75, 3.05) is 5.32 Å². The summed E-state index contributed by atoms with van der Waals surface area (Å²) in [4.78, 5) is 19.7. The molecule has 1 atom stereocenters. The maximum Gasteiger partial charge on any atom is 0.416 e. The van der Waals surface area contributed by atoms with E-state index in [0.717, 1.165) is 11.4 Å². The number of carbonyl (C=O) groups is 1. The zero-order valence-corrected chi connectivity index (χ0v) is 14.1. The number of aryl methyl sites for hydroxylation is 2. The Balaban J connectivity index is 1.83. The minimum atomic E-state index is -4.96. The number of imidazole rings is 1. The monoisotopic (exact) mass is 391 g/mol. The Labute approximate surface area is 150 Å². The van der Waals surface area contributed by atoms with Crippen molar-refractivity contribution in [3.8, 4) is 0 Å². The van der Waals surface area contributed by atoms with Crippen molar-refractivity contribution in [2.24, 2.45) is 5.92 Å². The first-order valence-electron chi connectivity index (χ1n) is 8.08. The molecule has 1 unspecified atom stereocenters. The van der Waals surface area contributed by atoms with E-state index >= 15 is 0 Å². The third-order valence-electron chi connectivity index (χ3n) is 4.39. The van der Waals surface area contributed by atoms with Gasteiger partial charge in [-0.3, -0.25) is 4.79 Å². The quantitative estimate of drug-likeness (QED) is 0.741. The molecular weight excluding hydrogens is 376 g/mol. The number of benzene rings is 1. The normalized spacial score (nSPS) is 17.5. The van der Waals surface area contributed by atoms with E-state index in [0.29, 0.717) is 37.2 Å². The molecule has 0 bridgehead atoms. The number of rotatable bonds is 2. The zero-order valence-electron chi connectivity index (χ0n) is 14.1. The summed E-state index contributed by atoms with van der Waals surface area (Å²) in [6, 6.07) is 1.03. The number of aromatic nitrogens is 2. The lowest BCUT2D eigenvalue weighted by molar-refractivity contribution is -0.143. The van der Waals surface area contributed by atoms with Gasteiger partial charge in [0.25, 0.3) is 0 Å². The SMILES string of the molecule is Cc1nc2c([nH]1)CC(C(=O)Nc1cc(C(F)(F)F)cc(C(F)(F)F)c1)CC2. The van der Waals surface area contributed by atoms with Crippen LogP contribution in [0.2, 0.25) is 0 Å². The number of nitrogens with zero attached hydrogens (tertiary/aromatic N) is 1. The Kier molecular flexibility index (Phi) is 4.69. The highest BCUT2D eigenvalue weighted by atomic mass is 19.4. The Morgan fingerprint density at radius 2 is 1.70 bits per heavy atom. The second-order valence-corrected chi connectivity index (χ2v) is 6.47. The van der Waals surface area contributed by atoms with Crippen molar-refractivity contribution in [1.29, 1.82) is 0 Å². The standard InChI is InChI=1S/C17H15F6N3O/c1-8-24-13-3-2-9(4-14(13)25-8)15(27)26-12-6-10(16(18,19)20)5-11(7-12)17(21,22)23/h5-7,9H,2-4H2,1H3,(H,24,25)(H,26,27). The predicted octanol–water partition coefficient (Wildman–Crippen LogP) is 4.50. The molecule has 1 heterocycles. The molecule has 4 nitrogen and oxygen atoms in total. The van der Waals surface area contributed by atoms with Gasteiger partial charge in [-0.1, -0.05) is 0 Å². The van der Waals surface area contributed by atoms with Crippen LogP contribution in [0.25, 0.3) is 0 Å². The van der Waals surface area contributed by atoms with Crippen molar-refractivity contribution in [3.63, 3.8) is 0 Å². The fourth-order valence-corrected chi connectivity index (χ4v) is 3.12. The van der Waals surface area contributed by atoms with Crippen LogP contribution in [0.3, 0.4) is 0 Å². The molecule has 0 radical (unpaired) electrons. The van der Waals surface area contributed by atoms with Crippen LogP contribution in [0.15, 0.2) is 18.2 Å². The van der Waals surface area contributed by atoms with Crippen LogP contribution in [-0.2, 0) is 30.0 Å². The Bertz CT molecular complexity index is 836. The maximum atomic E-state index is 12.9. The summed E-state index contributed by atoms with van der Waals surface area (Å²) in [5.41, 5.74) is -1.88. The molecule has 1 aliphatic carbocycles. The Hall–Kier alpha value is -2.52. The zero-order chi connectivity index (χ0) is 20.0. The van der Waals surface area contributed by atoms with E-state index in [2.05, 4.69) is 15.3 Å². The van der Waals surface area contributed by atoms with Gasteiger partial charge in [-0.05, 0) is 38.0 Å². The van der Waals surface area contributed by atoms with Crippen LogP contribution < -0.4 is 5.32 Å². The number of nitrogens with one attached hydrogen (secondary N) is 2. The van der Waals surface area contributed by atoms with Crippen molar-refractivity contribution in [3.05, 3.63) is 46.5 Å². The number of amides is 1. The molecule has 0 aliphatic heterocycles. The minimum Gasteiger partial charge on any atom is -0.346 e. The molecule has 1 aliphatic rings. The molecule has 1 aromatic heterocycles. The van der Waals surface area contributed by atoms with Gasteiger partial charge in [0.05, 0.1) is 16.8 Å². The van der Waals surface area contributed by atoms with E-state index < -0.39 is 41.0 Å². The number of carbonyl (C=O) groups excluding carboxylic acids is 1. The molecule has 3 rings (SSSR count). The van der Waals surface area contributed by atoms with Crippen molar-refractivity contribution in [1.82, 2.24) is 9.97 Å². The number of aromatic amines is 1. The van der Waals surface area contributed by atoms with Gasteiger partial charge in [-0.2, -0.15) is 26.3 Å². The van der Waals surface area contributed by atoms with E-state index in [-0.39, 0.29) is 6.07 Å². The van der Waals surface area contributed by atoms with E-state index in [1.165, 1.54) is 0 Å². The summed E-state index contributed by atoms with van der Waals surface area (Å²) in [7, 11) is 0. The highest BCUT2D eigenvalue weighted by Gasteiger charge is 2.37. The van der Waals surface area contributed by atoms with Gasteiger partial charge in [0.2, 0.25) is 5.91 Å². The van der Waals surface area contributed by atoms with Crippen molar-refractivity contribution < 1.29 is 31.1 Å². The average molecular weight is 391 g/mol. The topological polar surface area (TPSA) is 57.8 Å². The predicted molar refractivity (Wildman–Crippen MR) is 83.9 cm³/mol. The maximum absolute atomic E-state index is 12.9. The number of fused-ring (bicyclic) bond motifs is 1. The summed E-state index contributed by atoms with van der Waals surface area (Å²) < 4.78 is 77.4. The molecule has 146 valence electrons. The highest BCUT2D eigenvalue weighted by Crippen LogP contribution is 2.37. The summed E-state index contributed by atoms with van der Waals surface area (Å²) in [5, 5.41) is 2.20. The van der Waals surface area contributed by atoms with Gasteiger partial charge >= 0.3 is 12.4 Å². The first-order chi connectivity index (χ1) is 12.4. The van der Waals surface area contributed by atoms with Crippen molar-refractivity contribution >= 4 is 11.6 Å². The van der Waals surface area contributed by atoms with Crippen molar-refractivity contribution in [2.45, 2.75) is 38.5 Å². The molecule has 0 fully saturated rings. The molecule has 27 heavy (non-hydrogen) atoms. The largest absolute Gasteiger partial charge is 0.416 e. The van der Waals surface area contributed by atoms with Crippen LogP contribution in [0.4, 0.5) is 32.0 Å².